The molecule has 0 bridgehead atoms. The zero-order chi connectivity index (χ0) is 21.3. The fraction of sp³-hybridized carbons (Fsp3) is 0.227. The van der Waals surface area contributed by atoms with Crippen molar-refractivity contribution in [3.63, 3.8) is 0 Å². The number of ether oxygens (including phenoxy) is 2. The van der Waals surface area contributed by atoms with Crippen LogP contribution in [0, 0.1) is 6.92 Å². The first-order valence-electron chi connectivity index (χ1n) is 9.30. The summed E-state index contributed by atoms with van der Waals surface area (Å²) in [6, 6.07) is 14.8. The molecule has 1 aliphatic heterocycles. The van der Waals surface area contributed by atoms with Gasteiger partial charge in [0.2, 0.25) is 0 Å². The molecular weight excluding hydrogens is 412 g/mol. The lowest BCUT2D eigenvalue weighted by Crippen LogP contribution is -2.46. The van der Waals surface area contributed by atoms with Crippen molar-refractivity contribution in [2.45, 2.75) is 25.4 Å². The first kappa shape index (κ1) is 20.7. The van der Waals surface area contributed by atoms with E-state index < -0.39 is 18.5 Å². The number of nitrogens with zero attached hydrogens (tertiary/aromatic N) is 1. The first-order chi connectivity index (χ1) is 14.4. The van der Waals surface area contributed by atoms with Crippen LogP contribution in [0.1, 0.15) is 16.7 Å². The third kappa shape index (κ3) is 4.02. The molecule has 8 heteroatoms. The number of hydrogen-bond donors (Lipinski definition) is 2. The summed E-state index contributed by atoms with van der Waals surface area (Å²) in [4.78, 5) is 4.15. The van der Waals surface area contributed by atoms with Crippen LogP contribution in [0.15, 0.2) is 60.9 Å². The van der Waals surface area contributed by atoms with Crippen LogP contribution in [0.5, 0.6) is 5.75 Å². The molecule has 0 saturated carbocycles. The van der Waals surface area contributed by atoms with Gasteiger partial charge in [0, 0.05) is 18.0 Å². The van der Waals surface area contributed by atoms with E-state index in [0.717, 1.165) is 22.3 Å². The fourth-order valence-electron chi connectivity index (χ4n) is 3.72. The molecule has 4 rings (SSSR count). The van der Waals surface area contributed by atoms with Crippen LogP contribution in [0.4, 0.5) is 8.78 Å². The molecule has 1 fully saturated rings. The van der Waals surface area contributed by atoms with Crippen LogP contribution in [-0.4, -0.2) is 24.6 Å². The molecule has 3 N–H and O–H groups in total. The van der Waals surface area contributed by atoms with Crippen LogP contribution < -0.4 is 15.8 Å². The number of rotatable bonds is 5. The van der Waals surface area contributed by atoms with E-state index in [1.807, 2.05) is 30.3 Å². The summed E-state index contributed by atoms with van der Waals surface area (Å²) in [5.41, 5.74) is 9.38. The molecule has 2 heterocycles. The van der Waals surface area contributed by atoms with Gasteiger partial charge in [-0.25, -0.2) is 0 Å². The predicted molar refractivity (Wildman–Crippen MR) is 110 cm³/mol. The molecule has 0 radical (unpaired) electrons. The van der Waals surface area contributed by atoms with E-state index in [0.29, 0.717) is 10.6 Å². The molecule has 3 aromatic rings. The van der Waals surface area contributed by atoms with Crippen molar-refractivity contribution in [1.82, 2.24) is 10.3 Å². The molecule has 156 valence electrons. The van der Waals surface area contributed by atoms with Crippen molar-refractivity contribution < 1.29 is 18.3 Å². The number of aromatic nitrogens is 1. The second-order valence-corrected chi connectivity index (χ2v) is 7.55. The van der Waals surface area contributed by atoms with Gasteiger partial charge < -0.3 is 9.47 Å². The Labute approximate surface area is 177 Å². The van der Waals surface area contributed by atoms with Gasteiger partial charge in [-0.3, -0.25) is 16.0 Å². The summed E-state index contributed by atoms with van der Waals surface area (Å²) in [6.07, 6.45) is 2.65. The van der Waals surface area contributed by atoms with E-state index in [9.17, 15) is 8.78 Å². The monoisotopic (exact) mass is 431 g/mol. The molecule has 5 nitrogen and oxygen atoms in total. The molecule has 1 unspecified atom stereocenters. The summed E-state index contributed by atoms with van der Waals surface area (Å²) in [5, 5.41) is 3.85. The van der Waals surface area contributed by atoms with Crippen LogP contribution in [-0.2, 0) is 10.3 Å². The van der Waals surface area contributed by atoms with Gasteiger partial charge in [0.25, 0.3) is 0 Å². The van der Waals surface area contributed by atoms with E-state index in [1.165, 1.54) is 6.07 Å². The zero-order valence-electron chi connectivity index (χ0n) is 16.1. The van der Waals surface area contributed by atoms with Gasteiger partial charge in [-0.1, -0.05) is 41.9 Å². The maximum Gasteiger partial charge on any atom is 0.387 e. The second kappa shape index (κ2) is 8.28. The molecule has 2 atom stereocenters. The lowest BCUT2D eigenvalue weighted by molar-refractivity contribution is -0.0503. The van der Waals surface area contributed by atoms with Crippen molar-refractivity contribution in [2.75, 3.05) is 6.61 Å². The molecule has 0 spiro atoms. The first-order valence-corrected chi connectivity index (χ1v) is 9.67. The molecular formula is C22H20ClF2N3O2. The molecule has 2 aromatic carbocycles. The van der Waals surface area contributed by atoms with Crippen molar-refractivity contribution >= 4 is 11.6 Å². The average Bonchev–Trinajstić information content (AvgIpc) is 3.12. The molecule has 0 amide bonds. The third-order valence-electron chi connectivity index (χ3n) is 5.15. The predicted octanol–water partition coefficient (Wildman–Crippen LogP) is 4.42. The van der Waals surface area contributed by atoms with E-state index in [4.69, 9.17) is 22.1 Å². The minimum absolute atomic E-state index is 0.130. The standard InChI is InChI=1S/C22H20ClF2N3O2/c1-13-7-17(5-6-19(13)30-20(24)25)22(12-29-21(26)28-22)16-4-2-3-14(8-16)15-9-18(23)11-27-10-15/h2-11,20-21,28H,12,26H2,1H3/t21?,22-/m0/s1. The van der Waals surface area contributed by atoms with Gasteiger partial charge in [0.15, 0.2) is 6.35 Å². The molecule has 30 heavy (non-hydrogen) atoms. The Balaban J connectivity index is 1.79. The number of alkyl halides is 2. The Morgan fingerprint density at radius 3 is 2.63 bits per heavy atom. The van der Waals surface area contributed by atoms with Gasteiger partial charge in [-0.05, 0) is 47.4 Å². The van der Waals surface area contributed by atoms with Crippen LogP contribution >= 0.6 is 11.6 Å². The lowest BCUT2D eigenvalue weighted by atomic mass is 9.82. The Morgan fingerprint density at radius 1 is 1.17 bits per heavy atom. The number of pyridine rings is 1. The topological polar surface area (TPSA) is 69.4 Å². The quantitative estimate of drug-likeness (QED) is 0.626. The highest BCUT2D eigenvalue weighted by Gasteiger charge is 2.42. The van der Waals surface area contributed by atoms with Crippen molar-refractivity contribution in [3.05, 3.63) is 82.6 Å². The number of hydrogen-bond acceptors (Lipinski definition) is 5. The van der Waals surface area contributed by atoms with E-state index in [-0.39, 0.29) is 12.4 Å². The van der Waals surface area contributed by atoms with E-state index >= 15 is 0 Å². The number of aryl methyl sites for hydroxylation is 1. The average molecular weight is 432 g/mol. The number of nitrogens with one attached hydrogen (secondary N) is 1. The Bertz CT molecular complexity index is 1070. The van der Waals surface area contributed by atoms with Crippen LogP contribution in [0.25, 0.3) is 11.1 Å². The molecule has 1 aromatic heterocycles. The molecule has 1 saturated heterocycles. The summed E-state index contributed by atoms with van der Waals surface area (Å²) in [5.74, 6) is 0.130. The highest BCUT2D eigenvalue weighted by molar-refractivity contribution is 6.30. The number of halogens is 3. The SMILES string of the molecule is Cc1cc([C@@]2(c3cccc(-c4cncc(Cl)c4)c3)COC(N)N2)ccc1OC(F)F. The van der Waals surface area contributed by atoms with E-state index in [1.54, 1.807) is 31.5 Å². The van der Waals surface area contributed by atoms with Gasteiger partial charge in [0.1, 0.15) is 5.75 Å². The Kier molecular flexibility index (Phi) is 5.71. The van der Waals surface area contributed by atoms with Gasteiger partial charge >= 0.3 is 6.61 Å². The van der Waals surface area contributed by atoms with Crippen molar-refractivity contribution in [1.29, 1.82) is 0 Å². The maximum atomic E-state index is 12.6. The van der Waals surface area contributed by atoms with Crippen LogP contribution in [0.2, 0.25) is 5.02 Å². The minimum atomic E-state index is -2.88. The van der Waals surface area contributed by atoms with E-state index in [2.05, 4.69) is 15.0 Å². The number of benzene rings is 2. The summed E-state index contributed by atoms with van der Waals surface area (Å²) in [6.45, 7) is -0.883. The van der Waals surface area contributed by atoms with Gasteiger partial charge in [-0.15, -0.1) is 0 Å². The third-order valence-corrected chi connectivity index (χ3v) is 5.35. The Hall–Kier alpha value is -2.58. The van der Waals surface area contributed by atoms with Gasteiger partial charge in [0.05, 0.1) is 17.2 Å². The zero-order valence-corrected chi connectivity index (χ0v) is 16.9. The maximum absolute atomic E-state index is 12.6. The molecule has 1 aliphatic rings. The lowest BCUT2D eigenvalue weighted by Gasteiger charge is -2.30. The van der Waals surface area contributed by atoms with Gasteiger partial charge in [-0.2, -0.15) is 8.78 Å². The summed E-state index contributed by atoms with van der Waals surface area (Å²) >= 11 is 6.10. The largest absolute Gasteiger partial charge is 0.435 e. The normalized spacial score (nSPS) is 21.2. The van der Waals surface area contributed by atoms with Crippen molar-refractivity contribution in [3.8, 4) is 16.9 Å². The number of nitrogens with two attached hydrogens (primary N) is 1. The molecule has 0 aliphatic carbocycles. The summed E-state index contributed by atoms with van der Waals surface area (Å²) < 4.78 is 35.5. The second-order valence-electron chi connectivity index (χ2n) is 7.11. The smallest absolute Gasteiger partial charge is 0.387 e. The highest BCUT2D eigenvalue weighted by Crippen LogP contribution is 2.38. The Morgan fingerprint density at radius 2 is 1.97 bits per heavy atom. The van der Waals surface area contributed by atoms with Crippen molar-refractivity contribution in [2.24, 2.45) is 5.73 Å². The van der Waals surface area contributed by atoms with Crippen LogP contribution in [0.3, 0.4) is 0 Å². The summed E-state index contributed by atoms with van der Waals surface area (Å²) in [7, 11) is 0. The highest BCUT2D eigenvalue weighted by atomic mass is 35.5. The minimum Gasteiger partial charge on any atom is -0.435 e. The fourth-order valence-corrected chi connectivity index (χ4v) is 3.89.